The summed E-state index contributed by atoms with van der Waals surface area (Å²) in [5.41, 5.74) is 1.98. The minimum Gasteiger partial charge on any atom is -0.352 e. The number of aromatic nitrogens is 3. The molecule has 1 N–H and O–H groups in total. The van der Waals surface area contributed by atoms with Crippen LogP contribution in [-0.4, -0.2) is 20.7 Å². The highest BCUT2D eigenvalue weighted by Gasteiger charge is 2.00. The SMILES string of the molecule is CCC(=O)NCc1cccc(-n2cncn2)c1. The molecular formula is C12H14N4O. The van der Waals surface area contributed by atoms with Gasteiger partial charge in [-0.25, -0.2) is 9.67 Å². The third-order valence-electron chi connectivity index (χ3n) is 2.40. The summed E-state index contributed by atoms with van der Waals surface area (Å²) in [6, 6.07) is 7.82. The van der Waals surface area contributed by atoms with Gasteiger partial charge in [0.2, 0.25) is 5.91 Å². The van der Waals surface area contributed by atoms with E-state index in [0.717, 1.165) is 11.3 Å². The molecule has 88 valence electrons. The first-order valence-corrected chi connectivity index (χ1v) is 5.50. The van der Waals surface area contributed by atoms with Gasteiger partial charge in [0, 0.05) is 13.0 Å². The summed E-state index contributed by atoms with van der Waals surface area (Å²) in [6.07, 6.45) is 3.64. The van der Waals surface area contributed by atoms with Gasteiger partial charge in [0.25, 0.3) is 0 Å². The Bertz CT molecular complexity index is 493. The highest BCUT2D eigenvalue weighted by Crippen LogP contribution is 2.08. The van der Waals surface area contributed by atoms with E-state index >= 15 is 0 Å². The largest absolute Gasteiger partial charge is 0.352 e. The first-order chi connectivity index (χ1) is 8.29. The molecule has 2 aromatic rings. The van der Waals surface area contributed by atoms with Crippen LogP contribution >= 0.6 is 0 Å². The summed E-state index contributed by atoms with van der Waals surface area (Å²) in [4.78, 5) is 15.1. The summed E-state index contributed by atoms with van der Waals surface area (Å²) >= 11 is 0. The molecule has 5 heteroatoms. The Balaban J connectivity index is 2.09. The van der Waals surface area contributed by atoms with E-state index in [4.69, 9.17) is 0 Å². The Morgan fingerprint density at radius 2 is 2.35 bits per heavy atom. The molecule has 0 bridgehead atoms. The van der Waals surface area contributed by atoms with Crippen molar-refractivity contribution in [3.05, 3.63) is 42.5 Å². The van der Waals surface area contributed by atoms with Gasteiger partial charge in [-0.1, -0.05) is 19.1 Å². The Kier molecular flexibility index (Phi) is 3.49. The Morgan fingerprint density at radius 3 is 3.06 bits per heavy atom. The van der Waals surface area contributed by atoms with E-state index in [1.54, 1.807) is 11.0 Å². The topological polar surface area (TPSA) is 59.8 Å². The van der Waals surface area contributed by atoms with Crippen molar-refractivity contribution in [1.29, 1.82) is 0 Å². The lowest BCUT2D eigenvalue weighted by Gasteiger charge is -2.06. The van der Waals surface area contributed by atoms with E-state index in [1.807, 2.05) is 31.2 Å². The van der Waals surface area contributed by atoms with E-state index in [-0.39, 0.29) is 5.91 Å². The van der Waals surface area contributed by atoms with Crippen molar-refractivity contribution in [2.45, 2.75) is 19.9 Å². The quantitative estimate of drug-likeness (QED) is 0.861. The summed E-state index contributed by atoms with van der Waals surface area (Å²) in [5, 5.41) is 6.89. The van der Waals surface area contributed by atoms with Crippen LogP contribution in [0.5, 0.6) is 0 Å². The molecule has 0 radical (unpaired) electrons. The minimum absolute atomic E-state index is 0.0520. The molecule has 0 aliphatic carbocycles. The fourth-order valence-corrected chi connectivity index (χ4v) is 1.48. The van der Waals surface area contributed by atoms with Crippen LogP contribution in [0.25, 0.3) is 5.69 Å². The highest BCUT2D eigenvalue weighted by molar-refractivity contribution is 5.75. The molecular weight excluding hydrogens is 216 g/mol. The normalized spacial score (nSPS) is 10.2. The Morgan fingerprint density at radius 1 is 1.47 bits per heavy atom. The molecule has 1 amide bonds. The van der Waals surface area contributed by atoms with Crippen LogP contribution in [-0.2, 0) is 11.3 Å². The van der Waals surface area contributed by atoms with Crippen LogP contribution in [0.2, 0.25) is 0 Å². The molecule has 0 fully saturated rings. The number of hydrogen-bond donors (Lipinski definition) is 1. The maximum Gasteiger partial charge on any atom is 0.219 e. The molecule has 2 rings (SSSR count). The molecule has 1 heterocycles. The highest BCUT2D eigenvalue weighted by atomic mass is 16.1. The molecule has 0 saturated heterocycles. The first-order valence-electron chi connectivity index (χ1n) is 5.50. The van der Waals surface area contributed by atoms with E-state index < -0.39 is 0 Å². The molecule has 5 nitrogen and oxygen atoms in total. The van der Waals surface area contributed by atoms with Gasteiger partial charge >= 0.3 is 0 Å². The van der Waals surface area contributed by atoms with Gasteiger partial charge in [-0.05, 0) is 17.7 Å². The van der Waals surface area contributed by atoms with Crippen molar-refractivity contribution in [1.82, 2.24) is 20.1 Å². The molecule has 0 spiro atoms. The van der Waals surface area contributed by atoms with E-state index in [1.165, 1.54) is 6.33 Å². The predicted molar refractivity (Wildman–Crippen MR) is 63.5 cm³/mol. The lowest BCUT2D eigenvalue weighted by Crippen LogP contribution is -2.21. The summed E-state index contributed by atoms with van der Waals surface area (Å²) in [7, 11) is 0. The van der Waals surface area contributed by atoms with Crippen molar-refractivity contribution in [3.63, 3.8) is 0 Å². The van der Waals surface area contributed by atoms with Crippen molar-refractivity contribution < 1.29 is 4.79 Å². The van der Waals surface area contributed by atoms with E-state index in [0.29, 0.717) is 13.0 Å². The zero-order valence-electron chi connectivity index (χ0n) is 9.63. The smallest absolute Gasteiger partial charge is 0.219 e. The second-order valence-electron chi connectivity index (χ2n) is 3.64. The predicted octanol–water partition coefficient (Wildman–Crippen LogP) is 1.29. The van der Waals surface area contributed by atoms with Crippen LogP contribution < -0.4 is 5.32 Å². The van der Waals surface area contributed by atoms with Gasteiger partial charge in [0.15, 0.2) is 0 Å². The number of nitrogens with zero attached hydrogens (tertiary/aromatic N) is 3. The van der Waals surface area contributed by atoms with Crippen LogP contribution in [0.15, 0.2) is 36.9 Å². The van der Waals surface area contributed by atoms with Crippen LogP contribution in [0.1, 0.15) is 18.9 Å². The monoisotopic (exact) mass is 230 g/mol. The van der Waals surface area contributed by atoms with Gasteiger partial charge in [-0.15, -0.1) is 0 Å². The van der Waals surface area contributed by atoms with E-state index in [2.05, 4.69) is 15.4 Å². The van der Waals surface area contributed by atoms with Crippen molar-refractivity contribution in [3.8, 4) is 5.69 Å². The minimum atomic E-state index is 0.0520. The van der Waals surface area contributed by atoms with Crippen LogP contribution in [0, 0.1) is 0 Å². The van der Waals surface area contributed by atoms with Gasteiger partial charge in [0.05, 0.1) is 5.69 Å². The number of carbonyl (C=O) groups is 1. The third-order valence-corrected chi connectivity index (χ3v) is 2.40. The molecule has 17 heavy (non-hydrogen) atoms. The van der Waals surface area contributed by atoms with E-state index in [9.17, 15) is 4.79 Å². The summed E-state index contributed by atoms with van der Waals surface area (Å²) in [5.74, 6) is 0.0520. The van der Waals surface area contributed by atoms with Crippen molar-refractivity contribution in [2.75, 3.05) is 0 Å². The zero-order valence-corrected chi connectivity index (χ0v) is 9.63. The molecule has 0 saturated carbocycles. The maximum absolute atomic E-state index is 11.2. The Hall–Kier alpha value is -2.17. The average Bonchev–Trinajstić information content (AvgIpc) is 2.90. The molecule has 0 aliphatic heterocycles. The number of nitrogens with one attached hydrogen (secondary N) is 1. The zero-order chi connectivity index (χ0) is 12.1. The molecule has 1 aromatic carbocycles. The lowest BCUT2D eigenvalue weighted by atomic mass is 10.2. The number of hydrogen-bond acceptors (Lipinski definition) is 3. The lowest BCUT2D eigenvalue weighted by molar-refractivity contribution is -0.120. The van der Waals surface area contributed by atoms with Crippen LogP contribution in [0.4, 0.5) is 0 Å². The van der Waals surface area contributed by atoms with Crippen molar-refractivity contribution >= 4 is 5.91 Å². The third kappa shape index (κ3) is 2.90. The fourth-order valence-electron chi connectivity index (χ4n) is 1.48. The molecule has 0 atom stereocenters. The summed E-state index contributed by atoms with van der Waals surface area (Å²) < 4.78 is 1.69. The standard InChI is InChI=1S/C12H14N4O/c1-2-12(17)14-7-10-4-3-5-11(6-10)16-9-13-8-15-16/h3-6,8-9H,2,7H2,1H3,(H,14,17). The number of benzene rings is 1. The second-order valence-corrected chi connectivity index (χ2v) is 3.64. The fraction of sp³-hybridized carbons (Fsp3) is 0.250. The maximum atomic E-state index is 11.2. The molecule has 1 aromatic heterocycles. The summed E-state index contributed by atoms with van der Waals surface area (Å²) in [6.45, 7) is 2.37. The average molecular weight is 230 g/mol. The van der Waals surface area contributed by atoms with Gasteiger partial charge < -0.3 is 5.32 Å². The van der Waals surface area contributed by atoms with Gasteiger partial charge in [-0.2, -0.15) is 5.10 Å². The molecule has 0 aliphatic rings. The van der Waals surface area contributed by atoms with Crippen molar-refractivity contribution in [2.24, 2.45) is 0 Å². The molecule has 0 unspecified atom stereocenters. The van der Waals surface area contributed by atoms with Crippen LogP contribution in [0.3, 0.4) is 0 Å². The Labute approximate surface area is 99.5 Å². The number of rotatable bonds is 4. The number of carbonyl (C=O) groups excluding carboxylic acids is 1. The number of amides is 1. The first kappa shape index (κ1) is 11.3. The second kappa shape index (κ2) is 5.25. The van der Waals surface area contributed by atoms with Gasteiger partial charge in [-0.3, -0.25) is 4.79 Å². The van der Waals surface area contributed by atoms with Gasteiger partial charge in [0.1, 0.15) is 12.7 Å².